The van der Waals surface area contributed by atoms with E-state index in [2.05, 4.69) is 11.8 Å². The number of hydrogen-bond donors (Lipinski definition) is 1. The molecule has 17 heavy (non-hydrogen) atoms. The highest BCUT2D eigenvalue weighted by Gasteiger charge is 2.30. The van der Waals surface area contributed by atoms with Crippen LogP contribution in [0.1, 0.15) is 26.7 Å². The van der Waals surface area contributed by atoms with Crippen molar-refractivity contribution >= 4 is 5.97 Å². The summed E-state index contributed by atoms with van der Waals surface area (Å²) in [5.41, 5.74) is 0. The van der Waals surface area contributed by atoms with Crippen molar-refractivity contribution in [2.24, 2.45) is 0 Å². The molecule has 0 aromatic rings. The minimum Gasteiger partial charge on any atom is -0.465 e. The SMILES string of the molecule is CCCC(C(=O)OCC)N1CCOC(CO)C1. The average Bonchev–Trinajstić information content (AvgIpc) is 2.36. The van der Waals surface area contributed by atoms with E-state index in [0.29, 0.717) is 19.8 Å². The summed E-state index contributed by atoms with van der Waals surface area (Å²) in [6, 6.07) is -0.196. The van der Waals surface area contributed by atoms with Gasteiger partial charge in [0.15, 0.2) is 0 Å². The van der Waals surface area contributed by atoms with E-state index in [1.807, 2.05) is 6.92 Å². The zero-order valence-corrected chi connectivity index (χ0v) is 10.7. The van der Waals surface area contributed by atoms with Crippen LogP contribution in [0.2, 0.25) is 0 Å². The van der Waals surface area contributed by atoms with Crippen LogP contribution in [0, 0.1) is 0 Å². The lowest BCUT2D eigenvalue weighted by Gasteiger charge is -2.36. The summed E-state index contributed by atoms with van der Waals surface area (Å²) in [6.07, 6.45) is 1.54. The standard InChI is InChI=1S/C12H23NO4/c1-3-5-11(12(15)16-4-2)13-6-7-17-10(8-13)9-14/h10-11,14H,3-9H2,1-2H3. The van der Waals surface area contributed by atoms with Crippen molar-refractivity contribution < 1.29 is 19.4 Å². The lowest BCUT2D eigenvalue weighted by atomic mass is 10.1. The van der Waals surface area contributed by atoms with Crippen molar-refractivity contribution in [1.82, 2.24) is 4.90 Å². The van der Waals surface area contributed by atoms with Crippen molar-refractivity contribution in [1.29, 1.82) is 0 Å². The van der Waals surface area contributed by atoms with E-state index in [4.69, 9.17) is 14.6 Å². The molecule has 1 aliphatic rings. The van der Waals surface area contributed by atoms with E-state index in [0.717, 1.165) is 19.4 Å². The van der Waals surface area contributed by atoms with Gasteiger partial charge in [0.2, 0.25) is 0 Å². The van der Waals surface area contributed by atoms with Crippen LogP contribution < -0.4 is 0 Å². The molecule has 0 aromatic carbocycles. The molecule has 100 valence electrons. The van der Waals surface area contributed by atoms with Gasteiger partial charge in [-0.3, -0.25) is 9.69 Å². The van der Waals surface area contributed by atoms with Gasteiger partial charge >= 0.3 is 5.97 Å². The van der Waals surface area contributed by atoms with Crippen LogP contribution in [0.3, 0.4) is 0 Å². The molecule has 0 bridgehead atoms. The Balaban J connectivity index is 2.58. The van der Waals surface area contributed by atoms with Gasteiger partial charge in [0.25, 0.3) is 0 Å². The number of carbonyl (C=O) groups excluding carboxylic acids is 1. The van der Waals surface area contributed by atoms with Crippen molar-refractivity contribution in [2.45, 2.75) is 38.8 Å². The number of aliphatic hydroxyl groups is 1. The second-order valence-electron chi connectivity index (χ2n) is 4.23. The largest absolute Gasteiger partial charge is 0.465 e. The molecule has 0 amide bonds. The number of morpholine rings is 1. The lowest BCUT2D eigenvalue weighted by Crippen LogP contribution is -2.52. The second kappa shape index (κ2) is 7.63. The Morgan fingerprint density at radius 2 is 2.35 bits per heavy atom. The van der Waals surface area contributed by atoms with Gasteiger partial charge in [0.05, 0.1) is 25.9 Å². The molecule has 2 atom stereocenters. The summed E-state index contributed by atoms with van der Waals surface area (Å²) in [7, 11) is 0. The molecular weight excluding hydrogens is 222 g/mol. The average molecular weight is 245 g/mol. The number of ether oxygens (including phenoxy) is 2. The van der Waals surface area contributed by atoms with Gasteiger partial charge in [-0.25, -0.2) is 0 Å². The smallest absolute Gasteiger partial charge is 0.323 e. The topological polar surface area (TPSA) is 59.0 Å². The van der Waals surface area contributed by atoms with Crippen LogP contribution in [0.4, 0.5) is 0 Å². The Morgan fingerprint density at radius 1 is 1.59 bits per heavy atom. The quantitative estimate of drug-likeness (QED) is 0.687. The van der Waals surface area contributed by atoms with Gasteiger partial charge in [-0.2, -0.15) is 0 Å². The van der Waals surface area contributed by atoms with Gasteiger partial charge in [-0.15, -0.1) is 0 Å². The highest BCUT2D eigenvalue weighted by atomic mass is 16.5. The lowest BCUT2D eigenvalue weighted by molar-refractivity contribution is -0.154. The minimum absolute atomic E-state index is 0.00182. The van der Waals surface area contributed by atoms with Crippen molar-refractivity contribution in [3.05, 3.63) is 0 Å². The highest BCUT2D eigenvalue weighted by Crippen LogP contribution is 2.14. The van der Waals surface area contributed by atoms with E-state index in [9.17, 15) is 4.79 Å². The van der Waals surface area contributed by atoms with Crippen molar-refractivity contribution in [3.63, 3.8) is 0 Å². The van der Waals surface area contributed by atoms with Gasteiger partial charge in [-0.1, -0.05) is 13.3 Å². The summed E-state index contributed by atoms with van der Waals surface area (Å²) >= 11 is 0. The van der Waals surface area contributed by atoms with Crippen molar-refractivity contribution in [2.75, 3.05) is 32.9 Å². The molecule has 0 aliphatic carbocycles. The van der Waals surface area contributed by atoms with Crippen LogP contribution in [-0.2, 0) is 14.3 Å². The number of rotatable bonds is 6. The highest BCUT2D eigenvalue weighted by molar-refractivity contribution is 5.75. The fraction of sp³-hybridized carbons (Fsp3) is 0.917. The molecule has 1 saturated heterocycles. The first-order valence-corrected chi connectivity index (χ1v) is 6.36. The molecule has 2 unspecified atom stereocenters. The third kappa shape index (κ3) is 4.26. The van der Waals surface area contributed by atoms with E-state index < -0.39 is 0 Å². The molecular formula is C12H23NO4. The van der Waals surface area contributed by atoms with Gasteiger partial charge in [0.1, 0.15) is 6.04 Å². The second-order valence-corrected chi connectivity index (χ2v) is 4.23. The van der Waals surface area contributed by atoms with Crippen LogP contribution in [0.25, 0.3) is 0 Å². The molecule has 0 radical (unpaired) electrons. The molecule has 1 N–H and O–H groups in total. The Bertz CT molecular complexity index is 235. The van der Waals surface area contributed by atoms with Gasteiger partial charge < -0.3 is 14.6 Å². The number of nitrogens with zero attached hydrogens (tertiary/aromatic N) is 1. The van der Waals surface area contributed by atoms with E-state index in [1.165, 1.54) is 0 Å². The van der Waals surface area contributed by atoms with Gasteiger partial charge in [-0.05, 0) is 13.3 Å². The summed E-state index contributed by atoms with van der Waals surface area (Å²) in [5, 5.41) is 9.09. The molecule has 1 aliphatic heterocycles. The first kappa shape index (κ1) is 14.4. The fourth-order valence-corrected chi connectivity index (χ4v) is 2.10. The number of aliphatic hydroxyl groups excluding tert-OH is 1. The first-order valence-electron chi connectivity index (χ1n) is 6.36. The Labute approximate surface area is 103 Å². The molecule has 1 fully saturated rings. The molecule has 1 rings (SSSR count). The summed E-state index contributed by atoms with van der Waals surface area (Å²) in [5.74, 6) is -0.159. The third-order valence-electron chi connectivity index (χ3n) is 2.94. The molecule has 1 heterocycles. The maximum absolute atomic E-state index is 11.9. The summed E-state index contributed by atoms with van der Waals surface area (Å²) in [4.78, 5) is 13.9. The monoisotopic (exact) mass is 245 g/mol. The number of esters is 1. The zero-order chi connectivity index (χ0) is 12.7. The predicted molar refractivity (Wildman–Crippen MR) is 63.7 cm³/mol. The molecule has 0 spiro atoms. The summed E-state index contributed by atoms with van der Waals surface area (Å²) in [6.45, 7) is 6.16. The van der Waals surface area contributed by atoms with Crippen LogP contribution in [-0.4, -0.2) is 61.0 Å². The molecule has 0 aromatic heterocycles. The fourth-order valence-electron chi connectivity index (χ4n) is 2.10. The maximum Gasteiger partial charge on any atom is 0.323 e. The van der Waals surface area contributed by atoms with Gasteiger partial charge in [0, 0.05) is 13.1 Å². The van der Waals surface area contributed by atoms with Crippen LogP contribution in [0.5, 0.6) is 0 Å². The normalized spacial score (nSPS) is 23.4. The third-order valence-corrected chi connectivity index (χ3v) is 2.94. The first-order chi connectivity index (χ1) is 8.22. The van der Waals surface area contributed by atoms with Crippen LogP contribution in [0.15, 0.2) is 0 Å². The Hall–Kier alpha value is -0.650. The van der Waals surface area contributed by atoms with E-state index in [1.54, 1.807) is 0 Å². The molecule has 5 heteroatoms. The zero-order valence-electron chi connectivity index (χ0n) is 10.7. The minimum atomic E-state index is -0.196. The Kier molecular flexibility index (Phi) is 6.47. The summed E-state index contributed by atoms with van der Waals surface area (Å²) < 4.78 is 10.5. The van der Waals surface area contributed by atoms with Crippen LogP contribution >= 0.6 is 0 Å². The molecule has 0 saturated carbocycles. The Morgan fingerprint density at radius 3 is 2.94 bits per heavy atom. The predicted octanol–water partition coefficient (Wildman–Crippen LogP) is 0.411. The maximum atomic E-state index is 11.9. The molecule has 5 nitrogen and oxygen atoms in total. The van der Waals surface area contributed by atoms with E-state index in [-0.39, 0.29) is 24.7 Å². The van der Waals surface area contributed by atoms with E-state index >= 15 is 0 Å². The number of carbonyl (C=O) groups is 1. The van der Waals surface area contributed by atoms with Crippen molar-refractivity contribution in [3.8, 4) is 0 Å². The number of hydrogen-bond acceptors (Lipinski definition) is 5.